The van der Waals surface area contributed by atoms with Crippen LogP contribution in [-0.2, 0) is 11.3 Å². The van der Waals surface area contributed by atoms with Crippen LogP contribution >= 0.6 is 0 Å². The second-order valence-electron chi connectivity index (χ2n) is 7.74. The summed E-state index contributed by atoms with van der Waals surface area (Å²) in [5, 5.41) is 10.8. The minimum atomic E-state index is -0.222. The van der Waals surface area contributed by atoms with E-state index in [1.165, 1.54) is 38.2 Å². The third-order valence-corrected chi connectivity index (χ3v) is 6.10. The Morgan fingerprint density at radius 1 is 1.15 bits per heavy atom. The monoisotopic (exact) mass is 372 g/mol. The molecule has 4 rings (SSSR count). The fourth-order valence-electron chi connectivity index (χ4n) is 4.62. The minimum absolute atomic E-state index is 0.222. The van der Waals surface area contributed by atoms with Gasteiger partial charge < -0.3 is 10.1 Å². The normalized spacial score (nSPS) is 20.6. The third-order valence-electron chi connectivity index (χ3n) is 6.10. The number of H-pyrrole nitrogens is 1. The molecule has 2 aliphatic rings. The summed E-state index contributed by atoms with van der Waals surface area (Å²) in [4.78, 5) is 2.63. The lowest BCUT2D eigenvalue weighted by atomic mass is 9.79. The van der Waals surface area contributed by atoms with Crippen LogP contribution in [-0.4, -0.2) is 53.5 Å². The molecule has 1 saturated carbocycles. The molecule has 0 amide bonds. The van der Waals surface area contributed by atoms with Crippen molar-refractivity contribution >= 4 is 0 Å². The maximum absolute atomic E-state index is 14.2. The van der Waals surface area contributed by atoms with E-state index in [0.717, 1.165) is 44.1 Å². The Kier molecular flexibility index (Phi) is 5.86. The standard InChI is InChI=1S/C21H29FN4O/c22-19-7-3-2-6-18(19)20-17(15-24-25-20)14-23-16-21(8-4-1-5-9-21)26-10-12-27-13-11-26/h2-3,6-7,15,23H,1,4-5,8-14,16H2,(H,24,25). The third kappa shape index (κ3) is 4.08. The van der Waals surface area contributed by atoms with Crippen molar-refractivity contribution in [2.45, 2.75) is 44.2 Å². The zero-order chi connectivity index (χ0) is 18.5. The van der Waals surface area contributed by atoms with Crippen LogP contribution in [0.15, 0.2) is 30.5 Å². The SMILES string of the molecule is Fc1ccccc1-c1[nH]ncc1CNCC1(N2CCOCC2)CCCCC1. The highest BCUT2D eigenvalue weighted by atomic mass is 19.1. The van der Waals surface area contributed by atoms with Gasteiger partial charge in [-0.15, -0.1) is 0 Å². The number of aromatic amines is 1. The molecule has 2 N–H and O–H groups in total. The molecule has 0 bridgehead atoms. The molecule has 1 aromatic heterocycles. The summed E-state index contributed by atoms with van der Waals surface area (Å²) in [6.07, 6.45) is 8.22. The van der Waals surface area contributed by atoms with Crippen molar-refractivity contribution < 1.29 is 9.13 Å². The average Bonchev–Trinajstić information content (AvgIpc) is 3.18. The largest absolute Gasteiger partial charge is 0.379 e. The lowest BCUT2D eigenvalue weighted by Crippen LogP contribution is -2.59. The van der Waals surface area contributed by atoms with E-state index in [2.05, 4.69) is 20.4 Å². The Morgan fingerprint density at radius 2 is 1.93 bits per heavy atom. The van der Waals surface area contributed by atoms with Crippen LogP contribution in [0.4, 0.5) is 4.39 Å². The van der Waals surface area contributed by atoms with Gasteiger partial charge in [0.2, 0.25) is 0 Å². The van der Waals surface area contributed by atoms with Gasteiger partial charge in [-0.25, -0.2) is 4.39 Å². The first-order chi connectivity index (χ1) is 13.3. The molecule has 27 heavy (non-hydrogen) atoms. The second-order valence-corrected chi connectivity index (χ2v) is 7.74. The van der Waals surface area contributed by atoms with Crippen LogP contribution in [0.2, 0.25) is 0 Å². The van der Waals surface area contributed by atoms with Crippen LogP contribution in [0, 0.1) is 5.82 Å². The van der Waals surface area contributed by atoms with Crippen LogP contribution in [0.25, 0.3) is 11.3 Å². The predicted molar refractivity (Wildman–Crippen MR) is 104 cm³/mol. The summed E-state index contributed by atoms with van der Waals surface area (Å²) in [6.45, 7) is 5.35. The number of benzene rings is 1. The predicted octanol–water partition coefficient (Wildman–Crippen LogP) is 3.34. The van der Waals surface area contributed by atoms with Gasteiger partial charge in [-0.05, 0) is 25.0 Å². The Labute approximate surface area is 160 Å². The molecule has 146 valence electrons. The van der Waals surface area contributed by atoms with Crippen molar-refractivity contribution in [2.24, 2.45) is 0 Å². The number of halogens is 1. The molecule has 0 unspecified atom stereocenters. The quantitative estimate of drug-likeness (QED) is 0.817. The molecule has 2 heterocycles. The molecule has 0 atom stereocenters. The number of aromatic nitrogens is 2. The fourth-order valence-corrected chi connectivity index (χ4v) is 4.62. The summed E-state index contributed by atoms with van der Waals surface area (Å²) in [7, 11) is 0. The number of nitrogens with zero attached hydrogens (tertiary/aromatic N) is 2. The van der Waals surface area contributed by atoms with Gasteiger partial charge in [0.15, 0.2) is 0 Å². The maximum atomic E-state index is 14.2. The Hall–Kier alpha value is -1.76. The van der Waals surface area contributed by atoms with Gasteiger partial charge in [-0.1, -0.05) is 31.4 Å². The van der Waals surface area contributed by atoms with Gasteiger partial charge in [-0.2, -0.15) is 5.10 Å². The van der Waals surface area contributed by atoms with E-state index >= 15 is 0 Å². The van der Waals surface area contributed by atoms with Crippen molar-refractivity contribution in [2.75, 3.05) is 32.8 Å². The molecule has 1 aromatic carbocycles. The van der Waals surface area contributed by atoms with Gasteiger partial charge in [0.25, 0.3) is 0 Å². The van der Waals surface area contributed by atoms with Crippen LogP contribution in [0.5, 0.6) is 0 Å². The maximum Gasteiger partial charge on any atom is 0.132 e. The van der Waals surface area contributed by atoms with Crippen molar-refractivity contribution in [3.63, 3.8) is 0 Å². The van der Waals surface area contributed by atoms with E-state index in [1.54, 1.807) is 18.3 Å². The first-order valence-corrected chi connectivity index (χ1v) is 10.1. The number of rotatable bonds is 6. The summed E-state index contributed by atoms with van der Waals surface area (Å²) in [6, 6.07) is 6.85. The second kappa shape index (κ2) is 8.50. The summed E-state index contributed by atoms with van der Waals surface area (Å²) >= 11 is 0. The van der Waals surface area contributed by atoms with Crippen molar-refractivity contribution in [1.29, 1.82) is 0 Å². The van der Waals surface area contributed by atoms with Gasteiger partial charge in [0.05, 0.1) is 25.1 Å². The first-order valence-electron chi connectivity index (χ1n) is 10.1. The molecule has 0 spiro atoms. The molecule has 5 nitrogen and oxygen atoms in total. The molecular weight excluding hydrogens is 343 g/mol. The highest BCUT2D eigenvalue weighted by Gasteiger charge is 2.38. The van der Waals surface area contributed by atoms with Crippen molar-refractivity contribution in [3.8, 4) is 11.3 Å². The number of ether oxygens (including phenoxy) is 1. The zero-order valence-electron chi connectivity index (χ0n) is 15.8. The molecule has 6 heteroatoms. The van der Waals surface area contributed by atoms with Gasteiger partial charge in [0, 0.05) is 42.8 Å². The number of hydrogen-bond acceptors (Lipinski definition) is 4. The molecule has 2 fully saturated rings. The van der Waals surface area contributed by atoms with Crippen molar-refractivity contribution in [3.05, 3.63) is 41.8 Å². The van der Waals surface area contributed by atoms with Crippen molar-refractivity contribution in [1.82, 2.24) is 20.4 Å². The number of morpholine rings is 1. The van der Waals surface area contributed by atoms with Crippen LogP contribution in [0.3, 0.4) is 0 Å². The van der Waals surface area contributed by atoms with E-state index in [9.17, 15) is 4.39 Å². The Bertz CT molecular complexity index is 735. The Morgan fingerprint density at radius 3 is 2.70 bits per heavy atom. The van der Waals surface area contributed by atoms with Gasteiger partial charge in [-0.3, -0.25) is 10.00 Å². The molecule has 2 aromatic rings. The van der Waals surface area contributed by atoms with Crippen LogP contribution < -0.4 is 5.32 Å². The fraction of sp³-hybridized carbons (Fsp3) is 0.571. The summed E-state index contributed by atoms with van der Waals surface area (Å²) in [5.41, 5.74) is 2.58. The van der Waals surface area contributed by atoms with Crippen LogP contribution in [0.1, 0.15) is 37.7 Å². The van der Waals surface area contributed by atoms with E-state index < -0.39 is 0 Å². The number of nitrogens with one attached hydrogen (secondary N) is 2. The molecule has 1 aliphatic heterocycles. The first kappa shape index (κ1) is 18.6. The van der Waals surface area contributed by atoms with E-state index in [1.807, 2.05) is 6.07 Å². The summed E-state index contributed by atoms with van der Waals surface area (Å²) < 4.78 is 19.7. The highest BCUT2D eigenvalue weighted by Crippen LogP contribution is 2.34. The van der Waals surface area contributed by atoms with Gasteiger partial charge >= 0.3 is 0 Å². The molecule has 1 aliphatic carbocycles. The number of hydrogen-bond donors (Lipinski definition) is 2. The van der Waals surface area contributed by atoms with E-state index in [0.29, 0.717) is 12.1 Å². The molecular formula is C21H29FN4O. The summed E-state index contributed by atoms with van der Waals surface area (Å²) in [5.74, 6) is -0.222. The topological polar surface area (TPSA) is 53.2 Å². The molecule has 1 saturated heterocycles. The van der Waals surface area contributed by atoms with E-state index in [-0.39, 0.29) is 11.4 Å². The van der Waals surface area contributed by atoms with E-state index in [4.69, 9.17) is 4.74 Å². The van der Waals surface area contributed by atoms with Gasteiger partial charge in [0.1, 0.15) is 5.82 Å². The molecule has 0 radical (unpaired) electrons. The lowest BCUT2D eigenvalue weighted by molar-refractivity contribution is -0.0369. The Balaban J connectivity index is 1.44. The zero-order valence-corrected chi connectivity index (χ0v) is 15.8. The smallest absolute Gasteiger partial charge is 0.132 e. The minimum Gasteiger partial charge on any atom is -0.379 e. The highest BCUT2D eigenvalue weighted by molar-refractivity contribution is 5.63. The lowest BCUT2D eigenvalue weighted by Gasteiger charge is -2.48. The average molecular weight is 372 g/mol.